The van der Waals surface area contributed by atoms with Gasteiger partial charge in [0.15, 0.2) is 23.9 Å². The molecule has 0 saturated heterocycles. The van der Waals surface area contributed by atoms with E-state index in [1.54, 1.807) is 0 Å². The molecule has 0 spiro atoms. The van der Waals surface area contributed by atoms with E-state index in [1.807, 2.05) is 0 Å². The second-order valence-corrected chi connectivity index (χ2v) is 3.88. The number of aldehydes is 1. The molecule has 0 aromatic heterocycles. The minimum atomic E-state index is -1.59. The van der Waals surface area contributed by atoms with Crippen LogP contribution < -0.4 is 9.47 Å². The molecule has 1 aromatic carbocycles. The summed E-state index contributed by atoms with van der Waals surface area (Å²) in [6.07, 6.45) is -1.09. The van der Waals surface area contributed by atoms with Crippen molar-refractivity contribution in [1.82, 2.24) is 0 Å². The SMILES string of the molecule is COC(=O)C(O)c1cc(Cl)c(C=O)c(OC)c1OC. The van der Waals surface area contributed by atoms with Gasteiger partial charge in [-0.3, -0.25) is 4.79 Å². The van der Waals surface area contributed by atoms with Crippen molar-refractivity contribution < 1.29 is 28.9 Å². The second-order valence-electron chi connectivity index (χ2n) is 3.47. The van der Waals surface area contributed by atoms with Gasteiger partial charge < -0.3 is 19.3 Å². The first-order valence-electron chi connectivity index (χ1n) is 5.17. The van der Waals surface area contributed by atoms with E-state index in [1.165, 1.54) is 20.3 Å². The zero-order valence-electron chi connectivity index (χ0n) is 10.6. The van der Waals surface area contributed by atoms with Crippen LogP contribution in [-0.4, -0.2) is 38.7 Å². The van der Waals surface area contributed by atoms with Crippen molar-refractivity contribution >= 4 is 23.9 Å². The third-order valence-electron chi connectivity index (χ3n) is 2.50. The van der Waals surface area contributed by atoms with E-state index >= 15 is 0 Å². The number of benzene rings is 1. The number of aliphatic hydroxyl groups is 1. The fraction of sp³-hybridized carbons (Fsp3) is 0.333. The topological polar surface area (TPSA) is 82.1 Å². The molecular weight excluding hydrogens is 276 g/mol. The van der Waals surface area contributed by atoms with Gasteiger partial charge in [-0.2, -0.15) is 0 Å². The van der Waals surface area contributed by atoms with Crippen molar-refractivity contribution in [1.29, 1.82) is 0 Å². The molecule has 19 heavy (non-hydrogen) atoms. The van der Waals surface area contributed by atoms with Gasteiger partial charge in [0, 0.05) is 5.56 Å². The van der Waals surface area contributed by atoms with Crippen LogP contribution >= 0.6 is 11.6 Å². The normalized spacial score (nSPS) is 11.6. The number of esters is 1. The van der Waals surface area contributed by atoms with Crippen LogP contribution in [0.25, 0.3) is 0 Å². The maximum atomic E-state index is 11.4. The molecule has 0 heterocycles. The van der Waals surface area contributed by atoms with Crippen molar-refractivity contribution in [3.05, 3.63) is 22.2 Å². The van der Waals surface area contributed by atoms with Gasteiger partial charge in [-0.25, -0.2) is 4.79 Å². The van der Waals surface area contributed by atoms with Crippen molar-refractivity contribution in [2.75, 3.05) is 21.3 Å². The van der Waals surface area contributed by atoms with Crippen LogP contribution in [-0.2, 0) is 9.53 Å². The Bertz CT molecular complexity index is 499. The van der Waals surface area contributed by atoms with E-state index in [2.05, 4.69) is 4.74 Å². The molecule has 0 aliphatic rings. The summed E-state index contributed by atoms with van der Waals surface area (Å²) in [5.74, 6) is -0.787. The molecule has 1 N–H and O–H groups in total. The average molecular weight is 289 g/mol. The third-order valence-corrected chi connectivity index (χ3v) is 2.81. The van der Waals surface area contributed by atoms with Crippen LogP contribution in [0, 0.1) is 0 Å². The van der Waals surface area contributed by atoms with Crippen molar-refractivity contribution in [2.45, 2.75) is 6.10 Å². The maximum absolute atomic E-state index is 11.4. The summed E-state index contributed by atoms with van der Waals surface area (Å²) in [4.78, 5) is 22.3. The highest BCUT2D eigenvalue weighted by atomic mass is 35.5. The van der Waals surface area contributed by atoms with Gasteiger partial charge >= 0.3 is 5.97 Å². The summed E-state index contributed by atoms with van der Waals surface area (Å²) in [5, 5.41) is 9.88. The summed E-state index contributed by atoms with van der Waals surface area (Å²) in [6, 6.07) is 1.26. The van der Waals surface area contributed by atoms with Gasteiger partial charge in [0.2, 0.25) is 0 Å². The Labute approximate surface area is 114 Å². The average Bonchev–Trinajstić information content (AvgIpc) is 2.43. The first kappa shape index (κ1) is 15.3. The number of ether oxygens (including phenoxy) is 3. The summed E-state index contributed by atoms with van der Waals surface area (Å²) >= 11 is 5.90. The van der Waals surface area contributed by atoms with Gasteiger partial charge in [-0.15, -0.1) is 0 Å². The highest BCUT2D eigenvalue weighted by Gasteiger charge is 2.27. The van der Waals surface area contributed by atoms with Gasteiger partial charge in [0.05, 0.1) is 31.9 Å². The van der Waals surface area contributed by atoms with E-state index < -0.39 is 12.1 Å². The molecule has 0 saturated carbocycles. The summed E-state index contributed by atoms with van der Waals surface area (Å²) in [7, 11) is 3.76. The monoisotopic (exact) mass is 288 g/mol. The standard InChI is InChI=1S/C12H13ClO6/c1-17-10-6(9(15)12(16)19-3)4-8(13)7(5-14)11(10)18-2/h4-5,9,15H,1-3H3. The van der Waals surface area contributed by atoms with Crippen molar-refractivity contribution in [3.63, 3.8) is 0 Å². The molecule has 7 heteroatoms. The van der Waals surface area contributed by atoms with E-state index in [4.69, 9.17) is 21.1 Å². The number of hydrogen-bond acceptors (Lipinski definition) is 6. The Morgan fingerprint density at radius 2 is 1.89 bits per heavy atom. The van der Waals surface area contributed by atoms with Crippen LogP contribution in [0.1, 0.15) is 22.0 Å². The Kier molecular flexibility index (Phi) is 5.14. The van der Waals surface area contributed by atoms with Crippen LogP contribution in [0.3, 0.4) is 0 Å². The Morgan fingerprint density at radius 1 is 1.32 bits per heavy atom. The number of rotatable bonds is 5. The minimum Gasteiger partial charge on any atom is -0.492 e. The molecule has 0 amide bonds. The Balaban J connectivity index is 3.52. The number of aliphatic hydroxyl groups excluding tert-OH is 1. The summed E-state index contributed by atoms with van der Waals surface area (Å²) in [6.45, 7) is 0. The number of halogens is 1. The molecule has 0 aliphatic heterocycles. The lowest BCUT2D eigenvalue weighted by molar-refractivity contribution is -0.150. The lowest BCUT2D eigenvalue weighted by Gasteiger charge is -2.18. The van der Waals surface area contributed by atoms with E-state index in [9.17, 15) is 14.7 Å². The molecule has 1 rings (SSSR count). The first-order valence-corrected chi connectivity index (χ1v) is 5.55. The van der Waals surface area contributed by atoms with E-state index in [0.717, 1.165) is 7.11 Å². The number of carbonyl (C=O) groups excluding carboxylic acids is 2. The quantitative estimate of drug-likeness (QED) is 0.651. The number of methoxy groups -OCH3 is 3. The molecule has 6 nitrogen and oxygen atoms in total. The fourth-order valence-electron chi connectivity index (χ4n) is 1.61. The molecule has 104 valence electrons. The Hall–Kier alpha value is -1.79. The lowest BCUT2D eigenvalue weighted by Crippen LogP contribution is -2.15. The number of hydrogen-bond donors (Lipinski definition) is 1. The molecular formula is C12H13ClO6. The van der Waals surface area contributed by atoms with E-state index in [-0.39, 0.29) is 27.6 Å². The van der Waals surface area contributed by atoms with Crippen molar-refractivity contribution in [3.8, 4) is 11.5 Å². The van der Waals surface area contributed by atoms with Crippen molar-refractivity contribution in [2.24, 2.45) is 0 Å². The van der Waals surface area contributed by atoms with Gasteiger partial charge in [0.1, 0.15) is 0 Å². The predicted molar refractivity (Wildman–Crippen MR) is 66.9 cm³/mol. The van der Waals surface area contributed by atoms with Gasteiger partial charge in [-0.1, -0.05) is 11.6 Å². The zero-order valence-corrected chi connectivity index (χ0v) is 11.4. The smallest absolute Gasteiger partial charge is 0.339 e. The number of carbonyl (C=O) groups is 2. The molecule has 0 fully saturated rings. The minimum absolute atomic E-state index is 0.0330. The molecule has 0 bridgehead atoms. The molecule has 1 unspecified atom stereocenters. The summed E-state index contributed by atoms with van der Waals surface area (Å²) in [5.41, 5.74) is 0.128. The predicted octanol–water partition coefficient (Wildman–Crippen LogP) is 1.38. The molecule has 1 aromatic rings. The van der Waals surface area contributed by atoms with Crippen LogP contribution in [0.5, 0.6) is 11.5 Å². The first-order chi connectivity index (χ1) is 9.01. The molecule has 0 aliphatic carbocycles. The summed E-state index contributed by atoms with van der Waals surface area (Å²) < 4.78 is 14.5. The van der Waals surface area contributed by atoms with Gasteiger partial charge in [-0.05, 0) is 6.07 Å². The lowest BCUT2D eigenvalue weighted by atomic mass is 10.0. The second kappa shape index (κ2) is 6.40. The highest BCUT2D eigenvalue weighted by molar-refractivity contribution is 6.33. The van der Waals surface area contributed by atoms with E-state index in [0.29, 0.717) is 6.29 Å². The van der Waals surface area contributed by atoms with Gasteiger partial charge in [0.25, 0.3) is 0 Å². The molecule has 0 radical (unpaired) electrons. The van der Waals surface area contributed by atoms with Crippen LogP contribution in [0.15, 0.2) is 6.07 Å². The highest BCUT2D eigenvalue weighted by Crippen LogP contribution is 2.41. The fourth-order valence-corrected chi connectivity index (χ4v) is 1.85. The molecule has 1 atom stereocenters. The van der Waals surface area contributed by atoms with Crippen LogP contribution in [0.2, 0.25) is 5.02 Å². The maximum Gasteiger partial charge on any atom is 0.339 e. The van der Waals surface area contributed by atoms with Crippen LogP contribution in [0.4, 0.5) is 0 Å². The Morgan fingerprint density at radius 3 is 2.32 bits per heavy atom. The zero-order chi connectivity index (χ0) is 14.6. The largest absolute Gasteiger partial charge is 0.492 e. The third kappa shape index (κ3) is 2.80.